The number of anilines is 1. The summed E-state index contributed by atoms with van der Waals surface area (Å²) in [6.07, 6.45) is 6.77. The fourth-order valence-electron chi connectivity index (χ4n) is 3.57. The first kappa shape index (κ1) is 21.2. The zero-order valence-electron chi connectivity index (χ0n) is 16.3. The van der Waals surface area contributed by atoms with Crippen LogP contribution in [0.25, 0.3) is 0 Å². The summed E-state index contributed by atoms with van der Waals surface area (Å²) < 4.78 is 0. The molecule has 1 aliphatic rings. The van der Waals surface area contributed by atoms with E-state index in [0.717, 1.165) is 24.8 Å². The molecule has 1 aliphatic carbocycles. The Bertz CT molecular complexity index is 958. The van der Waals surface area contributed by atoms with E-state index in [0.29, 0.717) is 15.7 Å². The Balaban J connectivity index is 1.72. The molecule has 4 nitrogen and oxygen atoms in total. The van der Waals surface area contributed by atoms with E-state index in [2.05, 4.69) is 28.8 Å². The smallest absolute Gasteiger partial charge is 0.263 e. The van der Waals surface area contributed by atoms with Gasteiger partial charge in [-0.25, -0.2) is 0 Å². The van der Waals surface area contributed by atoms with E-state index in [-0.39, 0.29) is 11.6 Å². The summed E-state index contributed by atoms with van der Waals surface area (Å²) >= 11 is 12.0. The third-order valence-electron chi connectivity index (χ3n) is 5.10. The molecule has 1 amide bonds. The van der Waals surface area contributed by atoms with E-state index < -0.39 is 5.91 Å². The van der Waals surface area contributed by atoms with Crippen molar-refractivity contribution < 1.29 is 4.79 Å². The van der Waals surface area contributed by atoms with Crippen LogP contribution in [0.5, 0.6) is 0 Å². The van der Waals surface area contributed by atoms with Crippen molar-refractivity contribution in [3.8, 4) is 6.07 Å². The zero-order chi connectivity index (χ0) is 20.8. The maximum absolute atomic E-state index is 12.7. The molecule has 0 saturated heterocycles. The Hall–Kier alpha value is -2.48. The highest BCUT2D eigenvalue weighted by Crippen LogP contribution is 2.26. The predicted molar refractivity (Wildman–Crippen MR) is 118 cm³/mol. The number of carbonyl (C=O) groups excluding carboxylic acids is 1. The molecular weight excluding hydrogens is 405 g/mol. The second kappa shape index (κ2) is 9.82. The SMILES string of the molecule is CCC(NC(=O)/C(C#N)=C\Nc1cc(Cl)cc(Cl)c1)c1ccc2c(c1)CCCC2. The van der Waals surface area contributed by atoms with Crippen LogP contribution in [0.2, 0.25) is 10.0 Å². The van der Waals surface area contributed by atoms with Crippen molar-refractivity contribution in [2.24, 2.45) is 0 Å². The lowest BCUT2D eigenvalue weighted by Gasteiger charge is -2.21. The van der Waals surface area contributed by atoms with Gasteiger partial charge in [-0.15, -0.1) is 0 Å². The van der Waals surface area contributed by atoms with Crippen LogP contribution in [-0.4, -0.2) is 5.91 Å². The third-order valence-corrected chi connectivity index (χ3v) is 5.54. The van der Waals surface area contributed by atoms with Gasteiger partial charge >= 0.3 is 0 Å². The molecule has 29 heavy (non-hydrogen) atoms. The summed E-state index contributed by atoms with van der Waals surface area (Å²) in [7, 11) is 0. The van der Waals surface area contributed by atoms with Gasteiger partial charge in [-0.1, -0.05) is 48.3 Å². The molecule has 1 atom stereocenters. The van der Waals surface area contributed by atoms with Crippen LogP contribution in [0.1, 0.15) is 48.9 Å². The number of halogens is 2. The van der Waals surface area contributed by atoms with Gasteiger partial charge in [0.2, 0.25) is 0 Å². The molecule has 150 valence electrons. The van der Waals surface area contributed by atoms with Crippen LogP contribution in [0.3, 0.4) is 0 Å². The minimum Gasteiger partial charge on any atom is -0.360 e. The molecule has 2 aromatic rings. The van der Waals surface area contributed by atoms with Crippen molar-refractivity contribution in [1.29, 1.82) is 5.26 Å². The molecule has 6 heteroatoms. The van der Waals surface area contributed by atoms with Crippen LogP contribution in [0, 0.1) is 11.3 Å². The van der Waals surface area contributed by atoms with Crippen molar-refractivity contribution in [1.82, 2.24) is 5.32 Å². The largest absolute Gasteiger partial charge is 0.360 e. The zero-order valence-corrected chi connectivity index (χ0v) is 17.8. The number of nitrogens with zero attached hydrogens (tertiary/aromatic N) is 1. The second-order valence-electron chi connectivity index (χ2n) is 7.14. The molecule has 2 N–H and O–H groups in total. The maximum Gasteiger partial charge on any atom is 0.263 e. The summed E-state index contributed by atoms with van der Waals surface area (Å²) in [6, 6.07) is 13.2. The minimum atomic E-state index is -0.419. The molecule has 3 rings (SSSR count). The van der Waals surface area contributed by atoms with Gasteiger partial charge in [-0.2, -0.15) is 5.26 Å². The molecule has 2 aromatic carbocycles. The van der Waals surface area contributed by atoms with Crippen molar-refractivity contribution in [3.05, 3.63) is 74.9 Å². The first-order valence-corrected chi connectivity index (χ1v) is 10.5. The Kier molecular flexibility index (Phi) is 7.19. The Morgan fingerprint density at radius 2 is 1.83 bits per heavy atom. The molecule has 0 aromatic heterocycles. The van der Waals surface area contributed by atoms with E-state index >= 15 is 0 Å². The molecule has 0 radical (unpaired) electrons. The molecular formula is C23H23Cl2N3O. The van der Waals surface area contributed by atoms with E-state index in [1.54, 1.807) is 18.2 Å². The predicted octanol–water partition coefficient (Wildman–Crippen LogP) is 5.96. The third kappa shape index (κ3) is 5.53. The number of amides is 1. The highest BCUT2D eigenvalue weighted by atomic mass is 35.5. The van der Waals surface area contributed by atoms with E-state index in [1.165, 1.54) is 30.2 Å². The number of hydrogen-bond acceptors (Lipinski definition) is 3. The molecule has 0 fully saturated rings. The topological polar surface area (TPSA) is 64.9 Å². The fourth-order valence-corrected chi connectivity index (χ4v) is 4.09. The lowest BCUT2D eigenvalue weighted by Crippen LogP contribution is -2.29. The van der Waals surface area contributed by atoms with Gasteiger partial charge in [0.15, 0.2) is 0 Å². The molecule has 1 unspecified atom stereocenters. The van der Waals surface area contributed by atoms with Crippen LogP contribution in [-0.2, 0) is 17.6 Å². The Morgan fingerprint density at radius 3 is 2.48 bits per heavy atom. The fraction of sp³-hybridized carbons (Fsp3) is 0.304. The number of rotatable bonds is 6. The van der Waals surface area contributed by atoms with Gasteiger partial charge < -0.3 is 10.6 Å². The first-order valence-electron chi connectivity index (χ1n) is 9.75. The van der Waals surface area contributed by atoms with Crippen molar-refractivity contribution in [2.75, 3.05) is 5.32 Å². The number of aryl methyl sites for hydroxylation is 2. The van der Waals surface area contributed by atoms with Gasteiger partial charge in [0.1, 0.15) is 11.6 Å². The number of nitriles is 1. The van der Waals surface area contributed by atoms with E-state index in [4.69, 9.17) is 23.2 Å². The van der Waals surface area contributed by atoms with Gasteiger partial charge in [0, 0.05) is 21.9 Å². The van der Waals surface area contributed by atoms with Gasteiger partial charge in [0.25, 0.3) is 5.91 Å². The standard InChI is InChI=1S/C23H23Cl2N3O/c1-2-22(17-8-7-15-5-3-4-6-16(15)9-17)28-23(29)18(13-26)14-27-21-11-19(24)10-20(25)12-21/h7-12,14,22,27H,2-6H2,1H3,(H,28,29)/b18-14-. The molecule has 0 heterocycles. The van der Waals surface area contributed by atoms with E-state index in [9.17, 15) is 10.1 Å². The van der Waals surface area contributed by atoms with Crippen LogP contribution in [0.15, 0.2) is 48.2 Å². The van der Waals surface area contributed by atoms with Gasteiger partial charge in [-0.05, 0) is 67.0 Å². The normalized spacial score (nSPS) is 14.5. The lowest BCUT2D eigenvalue weighted by atomic mass is 9.88. The monoisotopic (exact) mass is 427 g/mol. The molecule has 0 saturated carbocycles. The summed E-state index contributed by atoms with van der Waals surface area (Å²) in [6.45, 7) is 2.02. The Labute approximate surface area is 181 Å². The summed E-state index contributed by atoms with van der Waals surface area (Å²) in [4.78, 5) is 12.7. The van der Waals surface area contributed by atoms with Gasteiger partial charge in [-0.3, -0.25) is 4.79 Å². The quantitative estimate of drug-likeness (QED) is 0.441. The molecule has 0 spiro atoms. The van der Waals surface area contributed by atoms with Crippen molar-refractivity contribution in [2.45, 2.75) is 45.1 Å². The summed E-state index contributed by atoms with van der Waals surface area (Å²) in [5.41, 5.74) is 4.44. The summed E-state index contributed by atoms with van der Waals surface area (Å²) in [5.74, 6) is -0.419. The Morgan fingerprint density at radius 1 is 1.14 bits per heavy atom. The number of hydrogen-bond donors (Lipinski definition) is 2. The number of fused-ring (bicyclic) bond motifs is 1. The van der Waals surface area contributed by atoms with Crippen molar-refractivity contribution in [3.63, 3.8) is 0 Å². The van der Waals surface area contributed by atoms with Crippen LogP contribution in [0.4, 0.5) is 5.69 Å². The minimum absolute atomic E-state index is 0.0162. The first-order chi connectivity index (χ1) is 14.0. The highest BCUT2D eigenvalue weighted by Gasteiger charge is 2.18. The average Bonchev–Trinajstić information content (AvgIpc) is 2.71. The van der Waals surface area contributed by atoms with Gasteiger partial charge in [0.05, 0.1) is 6.04 Å². The van der Waals surface area contributed by atoms with Crippen LogP contribution >= 0.6 is 23.2 Å². The van der Waals surface area contributed by atoms with Crippen molar-refractivity contribution >= 4 is 34.8 Å². The maximum atomic E-state index is 12.7. The number of carbonyl (C=O) groups is 1. The highest BCUT2D eigenvalue weighted by molar-refractivity contribution is 6.35. The molecule has 0 bridgehead atoms. The van der Waals surface area contributed by atoms with E-state index in [1.807, 2.05) is 13.0 Å². The number of benzene rings is 2. The van der Waals surface area contributed by atoms with Crippen LogP contribution < -0.4 is 10.6 Å². The lowest BCUT2D eigenvalue weighted by molar-refractivity contribution is -0.117. The molecule has 0 aliphatic heterocycles. The summed E-state index contributed by atoms with van der Waals surface area (Å²) in [5, 5.41) is 16.3. The second-order valence-corrected chi connectivity index (χ2v) is 8.01. The number of nitrogens with one attached hydrogen (secondary N) is 2. The average molecular weight is 428 g/mol.